The second-order valence-corrected chi connectivity index (χ2v) is 7.42. The summed E-state index contributed by atoms with van der Waals surface area (Å²) in [5.41, 5.74) is 0.194. The maximum Gasteiger partial charge on any atom is 0.343 e. The number of benzene rings is 2. The molecule has 2 aromatic carbocycles. The number of halogens is 1. The van der Waals surface area contributed by atoms with E-state index in [1.165, 1.54) is 46.8 Å². The molecular formula is C17H16FNO4S. The van der Waals surface area contributed by atoms with Crippen LogP contribution in [-0.2, 0) is 10.0 Å². The number of esters is 1. The van der Waals surface area contributed by atoms with Gasteiger partial charge in [0, 0.05) is 19.2 Å². The molecule has 24 heavy (non-hydrogen) atoms. The fourth-order valence-corrected chi connectivity index (χ4v) is 4.05. The van der Waals surface area contributed by atoms with E-state index in [-0.39, 0.29) is 16.2 Å². The summed E-state index contributed by atoms with van der Waals surface area (Å²) in [5, 5.41) is 0. The molecule has 1 fully saturated rings. The van der Waals surface area contributed by atoms with E-state index in [0.29, 0.717) is 13.1 Å². The molecule has 0 saturated carbocycles. The smallest absolute Gasteiger partial charge is 0.343 e. The minimum absolute atomic E-state index is 0.0914. The van der Waals surface area contributed by atoms with Crippen molar-refractivity contribution in [3.05, 3.63) is 59.9 Å². The molecule has 0 aliphatic carbocycles. The average molecular weight is 349 g/mol. The van der Waals surface area contributed by atoms with E-state index in [1.807, 2.05) is 0 Å². The Morgan fingerprint density at radius 1 is 1.04 bits per heavy atom. The lowest BCUT2D eigenvalue weighted by Gasteiger charge is -2.15. The maximum absolute atomic E-state index is 13.1. The van der Waals surface area contributed by atoms with E-state index in [1.54, 1.807) is 0 Å². The quantitative estimate of drug-likeness (QED) is 0.629. The lowest BCUT2D eigenvalue weighted by molar-refractivity contribution is 0.0734. The van der Waals surface area contributed by atoms with Gasteiger partial charge in [-0.1, -0.05) is 6.07 Å². The SMILES string of the molecule is O=C(Oc1cccc(F)c1)c1ccc(S(=O)(=O)N2CCCC2)cc1. The number of nitrogens with zero attached hydrogens (tertiary/aromatic N) is 1. The van der Waals surface area contributed by atoms with Gasteiger partial charge in [0.15, 0.2) is 0 Å². The van der Waals surface area contributed by atoms with E-state index in [2.05, 4.69) is 0 Å². The molecule has 1 aliphatic rings. The molecule has 1 saturated heterocycles. The summed E-state index contributed by atoms with van der Waals surface area (Å²) in [6, 6.07) is 10.8. The predicted molar refractivity (Wildman–Crippen MR) is 85.8 cm³/mol. The van der Waals surface area contributed by atoms with Crippen LogP contribution in [-0.4, -0.2) is 31.8 Å². The Hall–Kier alpha value is -2.25. The second kappa shape index (κ2) is 6.70. The highest BCUT2D eigenvalue weighted by Crippen LogP contribution is 2.21. The molecule has 0 amide bonds. The van der Waals surface area contributed by atoms with Crippen molar-refractivity contribution >= 4 is 16.0 Å². The number of carbonyl (C=O) groups excluding carboxylic acids is 1. The van der Waals surface area contributed by atoms with Crippen LogP contribution in [0.3, 0.4) is 0 Å². The molecule has 0 radical (unpaired) electrons. The van der Waals surface area contributed by atoms with Crippen LogP contribution in [0.15, 0.2) is 53.4 Å². The fraction of sp³-hybridized carbons (Fsp3) is 0.235. The zero-order chi connectivity index (χ0) is 17.2. The van der Waals surface area contributed by atoms with Gasteiger partial charge >= 0.3 is 5.97 Å². The summed E-state index contributed by atoms with van der Waals surface area (Å²) in [6.45, 7) is 1.04. The van der Waals surface area contributed by atoms with Crippen molar-refractivity contribution < 1.29 is 22.3 Å². The Balaban J connectivity index is 1.75. The third-order valence-electron chi connectivity index (χ3n) is 3.80. The van der Waals surface area contributed by atoms with E-state index in [4.69, 9.17) is 4.74 Å². The number of hydrogen-bond donors (Lipinski definition) is 0. The topological polar surface area (TPSA) is 63.7 Å². The molecule has 3 rings (SSSR count). The summed E-state index contributed by atoms with van der Waals surface area (Å²) < 4.78 is 44.4. The van der Waals surface area contributed by atoms with Gasteiger partial charge in [0.05, 0.1) is 10.5 Å². The molecule has 0 atom stereocenters. The standard InChI is InChI=1S/C17H16FNO4S/c18-14-4-3-5-15(12-14)23-17(20)13-6-8-16(9-7-13)24(21,22)19-10-1-2-11-19/h3-9,12H,1-2,10-11H2. The first kappa shape index (κ1) is 16.6. The summed E-state index contributed by atoms with van der Waals surface area (Å²) in [5.74, 6) is -1.09. The Kier molecular flexibility index (Phi) is 4.64. The van der Waals surface area contributed by atoms with Crippen LogP contribution in [0.4, 0.5) is 4.39 Å². The molecule has 0 N–H and O–H groups in total. The second-order valence-electron chi connectivity index (χ2n) is 5.48. The number of carbonyl (C=O) groups is 1. The highest BCUT2D eigenvalue weighted by atomic mass is 32.2. The van der Waals surface area contributed by atoms with Crippen molar-refractivity contribution in [3.63, 3.8) is 0 Å². The molecule has 7 heteroatoms. The van der Waals surface area contributed by atoms with Crippen molar-refractivity contribution in [2.75, 3.05) is 13.1 Å². The van der Waals surface area contributed by atoms with Gasteiger partial charge in [-0.15, -0.1) is 0 Å². The molecule has 1 heterocycles. The number of sulfonamides is 1. The van der Waals surface area contributed by atoms with Gasteiger partial charge in [0.2, 0.25) is 10.0 Å². The lowest BCUT2D eigenvalue weighted by Crippen LogP contribution is -2.27. The highest BCUT2D eigenvalue weighted by molar-refractivity contribution is 7.89. The van der Waals surface area contributed by atoms with Gasteiger partial charge in [-0.2, -0.15) is 4.31 Å². The molecule has 1 aliphatic heterocycles. The minimum atomic E-state index is -3.51. The largest absolute Gasteiger partial charge is 0.423 e. The average Bonchev–Trinajstić information content (AvgIpc) is 3.10. The van der Waals surface area contributed by atoms with Crippen molar-refractivity contribution in [2.45, 2.75) is 17.7 Å². The Labute approximate surface area is 139 Å². The summed E-state index contributed by atoms with van der Waals surface area (Å²) in [7, 11) is -3.51. The van der Waals surface area contributed by atoms with E-state index in [9.17, 15) is 17.6 Å². The molecule has 2 aromatic rings. The van der Waals surface area contributed by atoms with Crippen LogP contribution in [0, 0.1) is 5.82 Å². The van der Waals surface area contributed by atoms with Crippen molar-refractivity contribution in [2.24, 2.45) is 0 Å². The third-order valence-corrected chi connectivity index (χ3v) is 5.71. The Morgan fingerprint density at radius 2 is 1.71 bits per heavy atom. The van der Waals surface area contributed by atoms with E-state index < -0.39 is 21.8 Å². The van der Waals surface area contributed by atoms with Crippen molar-refractivity contribution in [1.82, 2.24) is 4.31 Å². The highest BCUT2D eigenvalue weighted by Gasteiger charge is 2.27. The lowest BCUT2D eigenvalue weighted by atomic mass is 10.2. The number of hydrogen-bond acceptors (Lipinski definition) is 4. The molecular weight excluding hydrogens is 333 g/mol. The molecule has 0 aromatic heterocycles. The van der Waals surface area contributed by atoms with Crippen LogP contribution in [0.2, 0.25) is 0 Å². The van der Waals surface area contributed by atoms with Crippen LogP contribution in [0.5, 0.6) is 5.75 Å². The van der Waals surface area contributed by atoms with Gasteiger partial charge in [0.25, 0.3) is 0 Å². The Morgan fingerprint density at radius 3 is 2.33 bits per heavy atom. The van der Waals surface area contributed by atoms with E-state index >= 15 is 0 Å². The molecule has 0 unspecified atom stereocenters. The monoisotopic (exact) mass is 349 g/mol. The molecule has 0 bridgehead atoms. The van der Waals surface area contributed by atoms with Crippen LogP contribution < -0.4 is 4.74 Å². The number of rotatable bonds is 4. The van der Waals surface area contributed by atoms with Crippen LogP contribution >= 0.6 is 0 Å². The zero-order valence-electron chi connectivity index (χ0n) is 12.8. The minimum Gasteiger partial charge on any atom is -0.423 e. The van der Waals surface area contributed by atoms with Gasteiger partial charge in [-0.3, -0.25) is 0 Å². The molecule has 5 nitrogen and oxygen atoms in total. The van der Waals surface area contributed by atoms with Crippen LogP contribution in [0.1, 0.15) is 23.2 Å². The van der Waals surface area contributed by atoms with Gasteiger partial charge in [-0.05, 0) is 49.2 Å². The normalized spacial score (nSPS) is 15.4. The van der Waals surface area contributed by atoms with E-state index in [0.717, 1.165) is 18.9 Å². The first-order valence-corrected chi connectivity index (χ1v) is 8.99. The summed E-state index contributed by atoms with van der Waals surface area (Å²) in [4.78, 5) is 12.2. The maximum atomic E-state index is 13.1. The zero-order valence-corrected chi connectivity index (χ0v) is 13.6. The van der Waals surface area contributed by atoms with Crippen molar-refractivity contribution in [1.29, 1.82) is 0 Å². The predicted octanol–water partition coefficient (Wildman–Crippen LogP) is 2.83. The van der Waals surface area contributed by atoms with Crippen LogP contribution in [0.25, 0.3) is 0 Å². The van der Waals surface area contributed by atoms with Gasteiger partial charge < -0.3 is 4.74 Å². The van der Waals surface area contributed by atoms with Gasteiger partial charge in [0.1, 0.15) is 11.6 Å². The van der Waals surface area contributed by atoms with Gasteiger partial charge in [-0.25, -0.2) is 17.6 Å². The number of ether oxygens (including phenoxy) is 1. The fourth-order valence-electron chi connectivity index (χ4n) is 2.54. The third kappa shape index (κ3) is 3.47. The molecule has 126 valence electrons. The van der Waals surface area contributed by atoms with Crippen molar-refractivity contribution in [3.8, 4) is 5.75 Å². The summed E-state index contributed by atoms with van der Waals surface area (Å²) >= 11 is 0. The first-order valence-electron chi connectivity index (χ1n) is 7.55. The summed E-state index contributed by atoms with van der Waals surface area (Å²) in [6.07, 6.45) is 1.72. The molecule has 0 spiro atoms. The first-order chi connectivity index (χ1) is 11.5. The Bertz CT molecular complexity index is 843.